The van der Waals surface area contributed by atoms with Crippen LogP contribution in [-0.2, 0) is 6.54 Å². The second-order valence-electron chi connectivity index (χ2n) is 5.69. The van der Waals surface area contributed by atoms with Gasteiger partial charge in [0.25, 0.3) is 0 Å². The molecule has 0 aromatic carbocycles. The second kappa shape index (κ2) is 5.23. The van der Waals surface area contributed by atoms with Crippen molar-refractivity contribution in [3.63, 3.8) is 0 Å². The normalized spacial score (nSPS) is 20.7. The van der Waals surface area contributed by atoms with Crippen molar-refractivity contribution in [2.45, 2.75) is 26.8 Å². The maximum Gasteiger partial charge on any atom is 0.194 e. The first-order valence-electron chi connectivity index (χ1n) is 6.96. The Morgan fingerprint density at radius 1 is 1.47 bits per heavy atom. The van der Waals surface area contributed by atoms with Gasteiger partial charge in [0.2, 0.25) is 0 Å². The van der Waals surface area contributed by atoms with Crippen molar-refractivity contribution in [2.24, 2.45) is 5.92 Å². The van der Waals surface area contributed by atoms with E-state index < -0.39 is 0 Å². The molecule has 1 atom stereocenters. The molecule has 1 aliphatic heterocycles. The van der Waals surface area contributed by atoms with Gasteiger partial charge in [0.05, 0.1) is 11.4 Å². The number of nitrogens with zero attached hydrogens (tertiary/aromatic N) is 3. The molecule has 2 aromatic heterocycles. The molecule has 0 amide bonds. The lowest BCUT2D eigenvalue weighted by atomic mass is 10.1. The molecular weight excluding hydrogens is 256 g/mol. The number of aromatic nitrogens is 2. The number of fused-ring (bicyclic) bond motifs is 1. The van der Waals surface area contributed by atoms with Gasteiger partial charge in [0.1, 0.15) is 0 Å². The first kappa shape index (κ1) is 13.1. The smallest absolute Gasteiger partial charge is 0.194 e. The molecule has 0 spiro atoms. The first-order chi connectivity index (χ1) is 9.15. The van der Waals surface area contributed by atoms with Crippen molar-refractivity contribution < 1.29 is 0 Å². The molecule has 104 valence electrons. The summed E-state index contributed by atoms with van der Waals surface area (Å²) in [6.45, 7) is 8.77. The van der Waals surface area contributed by atoms with Gasteiger partial charge in [-0.05, 0) is 46.3 Å². The minimum atomic E-state index is 0.803. The average Bonchev–Trinajstić information content (AvgIpc) is 3.01. The van der Waals surface area contributed by atoms with Crippen LogP contribution in [0.15, 0.2) is 5.38 Å². The predicted molar refractivity (Wildman–Crippen MR) is 79.9 cm³/mol. The van der Waals surface area contributed by atoms with Crippen molar-refractivity contribution in [1.29, 1.82) is 0 Å². The van der Waals surface area contributed by atoms with Gasteiger partial charge in [0.15, 0.2) is 4.96 Å². The summed E-state index contributed by atoms with van der Waals surface area (Å²) in [5.41, 5.74) is 3.77. The van der Waals surface area contributed by atoms with Gasteiger partial charge in [0, 0.05) is 24.2 Å². The standard InChI is InChI=1S/C14H22N4S/c1-10-9-19-14-16-11(2)13(18(10)14)7-15-6-12-4-5-17(3)8-12/h9,12,15H,4-8H2,1-3H3. The van der Waals surface area contributed by atoms with Gasteiger partial charge in [-0.2, -0.15) is 0 Å². The van der Waals surface area contributed by atoms with Crippen LogP contribution in [0, 0.1) is 19.8 Å². The van der Waals surface area contributed by atoms with Crippen molar-refractivity contribution >= 4 is 16.3 Å². The molecule has 1 saturated heterocycles. The SMILES string of the molecule is Cc1nc2scc(C)n2c1CNCC1CCN(C)C1. The molecule has 1 fully saturated rings. The molecule has 1 N–H and O–H groups in total. The zero-order chi connectivity index (χ0) is 13.4. The third-order valence-electron chi connectivity index (χ3n) is 4.04. The van der Waals surface area contributed by atoms with Gasteiger partial charge < -0.3 is 10.2 Å². The molecule has 0 radical (unpaired) electrons. The summed E-state index contributed by atoms with van der Waals surface area (Å²) in [7, 11) is 2.21. The van der Waals surface area contributed by atoms with Crippen LogP contribution in [0.4, 0.5) is 0 Å². The minimum absolute atomic E-state index is 0.803. The van der Waals surface area contributed by atoms with Crippen LogP contribution in [0.3, 0.4) is 0 Å². The molecule has 0 aliphatic carbocycles. The number of rotatable bonds is 4. The molecule has 5 heteroatoms. The number of aryl methyl sites for hydroxylation is 2. The van der Waals surface area contributed by atoms with E-state index in [4.69, 9.17) is 0 Å². The van der Waals surface area contributed by atoms with Crippen LogP contribution in [0.5, 0.6) is 0 Å². The van der Waals surface area contributed by atoms with E-state index in [-0.39, 0.29) is 0 Å². The lowest BCUT2D eigenvalue weighted by Gasteiger charge is -2.12. The minimum Gasteiger partial charge on any atom is -0.311 e. The van der Waals surface area contributed by atoms with Crippen molar-refractivity contribution in [3.8, 4) is 0 Å². The van der Waals surface area contributed by atoms with Crippen molar-refractivity contribution in [3.05, 3.63) is 22.5 Å². The number of thiazole rings is 1. The average molecular weight is 278 g/mol. The number of nitrogens with one attached hydrogen (secondary N) is 1. The van der Waals surface area contributed by atoms with E-state index in [1.165, 1.54) is 30.9 Å². The molecular formula is C14H22N4S. The quantitative estimate of drug-likeness (QED) is 0.929. The summed E-state index contributed by atoms with van der Waals surface area (Å²) in [6.07, 6.45) is 1.32. The van der Waals surface area contributed by atoms with E-state index in [1.807, 2.05) is 0 Å². The highest BCUT2D eigenvalue weighted by Gasteiger charge is 2.19. The van der Waals surface area contributed by atoms with Crippen LogP contribution in [0.1, 0.15) is 23.5 Å². The van der Waals surface area contributed by atoms with E-state index in [0.717, 1.165) is 29.7 Å². The van der Waals surface area contributed by atoms with Gasteiger partial charge in [-0.15, -0.1) is 11.3 Å². The topological polar surface area (TPSA) is 32.6 Å². The summed E-state index contributed by atoms with van der Waals surface area (Å²) in [5.74, 6) is 0.803. The zero-order valence-electron chi connectivity index (χ0n) is 11.9. The largest absolute Gasteiger partial charge is 0.311 e. The lowest BCUT2D eigenvalue weighted by Crippen LogP contribution is -2.25. The third-order valence-corrected chi connectivity index (χ3v) is 4.99. The number of hydrogen-bond acceptors (Lipinski definition) is 4. The zero-order valence-corrected chi connectivity index (χ0v) is 12.8. The van der Waals surface area contributed by atoms with E-state index in [9.17, 15) is 0 Å². The molecule has 0 saturated carbocycles. The number of hydrogen-bond donors (Lipinski definition) is 1. The fourth-order valence-electron chi connectivity index (χ4n) is 2.96. The highest BCUT2D eigenvalue weighted by atomic mass is 32.1. The Balaban J connectivity index is 1.65. The van der Waals surface area contributed by atoms with Gasteiger partial charge in [-0.3, -0.25) is 4.40 Å². The van der Waals surface area contributed by atoms with E-state index in [2.05, 4.69) is 45.9 Å². The highest BCUT2D eigenvalue weighted by molar-refractivity contribution is 7.15. The Morgan fingerprint density at radius 3 is 3.05 bits per heavy atom. The Morgan fingerprint density at radius 2 is 2.32 bits per heavy atom. The van der Waals surface area contributed by atoms with Gasteiger partial charge in [-0.1, -0.05) is 0 Å². The Bertz CT molecular complexity index is 571. The molecule has 1 unspecified atom stereocenters. The third kappa shape index (κ3) is 2.55. The first-order valence-corrected chi connectivity index (χ1v) is 7.84. The van der Waals surface area contributed by atoms with Crippen molar-refractivity contribution in [2.75, 3.05) is 26.7 Å². The molecule has 4 nitrogen and oxygen atoms in total. The molecule has 1 aliphatic rings. The fourth-order valence-corrected chi connectivity index (χ4v) is 3.89. The predicted octanol–water partition coefficient (Wildman–Crippen LogP) is 2.05. The van der Waals surface area contributed by atoms with Crippen LogP contribution < -0.4 is 5.32 Å². The highest BCUT2D eigenvalue weighted by Crippen LogP contribution is 2.20. The lowest BCUT2D eigenvalue weighted by molar-refractivity contribution is 0.388. The summed E-state index contributed by atoms with van der Waals surface area (Å²) < 4.78 is 2.29. The van der Waals surface area contributed by atoms with E-state index >= 15 is 0 Å². The summed E-state index contributed by atoms with van der Waals surface area (Å²) >= 11 is 1.73. The van der Waals surface area contributed by atoms with E-state index in [0.29, 0.717) is 0 Å². The number of likely N-dealkylation sites (tertiary alicyclic amines) is 1. The van der Waals surface area contributed by atoms with Crippen LogP contribution in [0.25, 0.3) is 4.96 Å². The summed E-state index contributed by atoms with van der Waals surface area (Å²) in [4.78, 5) is 8.16. The molecule has 2 aromatic rings. The Hall–Kier alpha value is -0.910. The molecule has 0 bridgehead atoms. The van der Waals surface area contributed by atoms with Crippen molar-refractivity contribution in [1.82, 2.24) is 19.6 Å². The molecule has 19 heavy (non-hydrogen) atoms. The maximum atomic E-state index is 4.63. The second-order valence-corrected chi connectivity index (χ2v) is 6.52. The maximum absolute atomic E-state index is 4.63. The Kier molecular flexibility index (Phi) is 3.60. The van der Waals surface area contributed by atoms with Crippen LogP contribution in [0.2, 0.25) is 0 Å². The van der Waals surface area contributed by atoms with E-state index in [1.54, 1.807) is 11.3 Å². The summed E-state index contributed by atoms with van der Waals surface area (Å²) in [6, 6.07) is 0. The fraction of sp³-hybridized carbons (Fsp3) is 0.643. The monoisotopic (exact) mass is 278 g/mol. The molecule has 3 heterocycles. The molecule has 3 rings (SSSR count). The van der Waals surface area contributed by atoms with Crippen LogP contribution in [-0.4, -0.2) is 41.0 Å². The van der Waals surface area contributed by atoms with Gasteiger partial charge >= 0.3 is 0 Å². The van der Waals surface area contributed by atoms with Crippen LogP contribution >= 0.6 is 11.3 Å². The Labute approximate surface area is 118 Å². The van der Waals surface area contributed by atoms with Gasteiger partial charge in [-0.25, -0.2) is 4.98 Å². The number of imidazole rings is 1. The summed E-state index contributed by atoms with van der Waals surface area (Å²) in [5, 5.41) is 5.80.